The molecular weight excluding hydrogens is 222 g/mol. The molecule has 0 heterocycles. The first kappa shape index (κ1) is 13.3. The Kier molecular flexibility index (Phi) is 4.63. The van der Waals surface area contributed by atoms with Crippen molar-refractivity contribution in [2.75, 3.05) is 21.2 Å². The van der Waals surface area contributed by atoms with E-state index in [0.29, 0.717) is 5.92 Å². The molecule has 16 heavy (non-hydrogen) atoms. The third-order valence-electron chi connectivity index (χ3n) is 2.49. The van der Waals surface area contributed by atoms with Crippen LogP contribution in [0.2, 0.25) is 5.02 Å². The van der Waals surface area contributed by atoms with Gasteiger partial charge in [-0.05, 0) is 26.1 Å². The van der Waals surface area contributed by atoms with Gasteiger partial charge in [0.2, 0.25) is 0 Å². The van der Waals surface area contributed by atoms with Gasteiger partial charge in [0.1, 0.15) is 5.75 Å². The Morgan fingerprint density at radius 3 is 2.38 bits per heavy atom. The normalized spacial score (nSPS) is 11.2. The number of hydrogen-bond donors (Lipinski definition) is 0. The van der Waals surface area contributed by atoms with Crippen molar-refractivity contribution in [3.05, 3.63) is 28.3 Å². The van der Waals surface area contributed by atoms with E-state index in [4.69, 9.17) is 16.3 Å². The van der Waals surface area contributed by atoms with Crippen LogP contribution in [0.3, 0.4) is 0 Å². The standard InChI is InChI=1S/C13H20ClNO/c1-9(2)12-11(14)7-6-10(8-15(3)4)13(12)16-5/h6-7,9H,8H2,1-5H3. The average Bonchev–Trinajstić information content (AvgIpc) is 2.18. The fourth-order valence-electron chi connectivity index (χ4n) is 1.86. The molecule has 0 unspecified atom stereocenters. The number of methoxy groups -OCH3 is 1. The number of benzene rings is 1. The molecule has 0 bridgehead atoms. The van der Waals surface area contributed by atoms with E-state index >= 15 is 0 Å². The summed E-state index contributed by atoms with van der Waals surface area (Å²) in [6, 6.07) is 3.99. The van der Waals surface area contributed by atoms with E-state index in [-0.39, 0.29) is 0 Å². The lowest BCUT2D eigenvalue weighted by atomic mass is 9.98. The fraction of sp³-hybridized carbons (Fsp3) is 0.538. The van der Waals surface area contributed by atoms with Crippen molar-refractivity contribution in [3.8, 4) is 5.75 Å². The summed E-state index contributed by atoms with van der Waals surface area (Å²) in [6.45, 7) is 5.12. The minimum absolute atomic E-state index is 0.365. The largest absolute Gasteiger partial charge is 0.496 e. The maximum Gasteiger partial charge on any atom is 0.128 e. The summed E-state index contributed by atoms with van der Waals surface area (Å²) in [5, 5.41) is 0.786. The lowest BCUT2D eigenvalue weighted by Gasteiger charge is -2.19. The van der Waals surface area contributed by atoms with Crippen LogP contribution < -0.4 is 4.74 Å². The molecule has 0 saturated carbocycles. The van der Waals surface area contributed by atoms with Crippen LogP contribution in [0, 0.1) is 0 Å². The molecule has 1 aromatic rings. The summed E-state index contributed by atoms with van der Waals surface area (Å²) in [5.74, 6) is 1.29. The van der Waals surface area contributed by atoms with Crippen molar-refractivity contribution in [1.29, 1.82) is 0 Å². The quantitative estimate of drug-likeness (QED) is 0.800. The molecule has 0 aliphatic rings. The first-order valence-electron chi connectivity index (χ1n) is 5.47. The molecule has 3 heteroatoms. The van der Waals surface area contributed by atoms with Crippen LogP contribution >= 0.6 is 11.6 Å². The van der Waals surface area contributed by atoms with Crippen LogP contribution in [-0.2, 0) is 6.54 Å². The zero-order valence-corrected chi connectivity index (χ0v) is 11.4. The third kappa shape index (κ3) is 2.89. The van der Waals surface area contributed by atoms with Crippen molar-refractivity contribution < 1.29 is 4.74 Å². The third-order valence-corrected chi connectivity index (χ3v) is 2.82. The van der Waals surface area contributed by atoms with E-state index in [1.807, 2.05) is 26.2 Å². The van der Waals surface area contributed by atoms with E-state index in [0.717, 1.165) is 22.9 Å². The molecule has 90 valence electrons. The maximum absolute atomic E-state index is 6.22. The monoisotopic (exact) mass is 241 g/mol. The molecule has 0 aromatic heterocycles. The molecule has 2 nitrogen and oxygen atoms in total. The lowest BCUT2D eigenvalue weighted by molar-refractivity contribution is 0.368. The molecule has 0 spiro atoms. The molecular formula is C13H20ClNO. The summed E-state index contributed by atoms with van der Waals surface area (Å²) in [5.41, 5.74) is 2.28. The first-order chi connectivity index (χ1) is 7.47. The SMILES string of the molecule is COc1c(CN(C)C)ccc(Cl)c1C(C)C. The van der Waals surface area contributed by atoms with Gasteiger partial charge in [0, 0.05) is 22.7 Å². The van der Waals surface area contributed by atoms with Crippen LogP contribution in [-0.4, -0.2) is 26.1 Å². The van der Waals surface area contributed by atoms with Gasteiger partial charge in [-0.25, -0.2) is 0 Å². The van der Waals surface area contributed by atoms with Crippen LogP contribution in [0.4, 0.5) is 0 Å². The number of rotatable bonds is 4. The van der Waals surface area contributed by atoms with Crippen molar-refractivity contribution >= 4 is 11.6 Å². The summed E-state index contributed by atoms with van der Waals surface area (Å²) >= 11 is 6.22. The van der Waals surface area contributed by atoms with E-state index < -0.39 is 0 Å². The topological polar surface area (TPSA) is 12.5 Å². The van der Waals surface area contributed by atoms with Crippen LogP contribution in [0.1, 0.15) is 30.9 Å². The summed E-state index contributed by atoms with van der Waals surface area (Å²) < 4.78 is 5.51. The van der Waals surface area contributed by atoms with Crippen molar-refractivity contribution in [2.45, 2.75) is 26.3 Å². The zero-order valence-electron chi connectivity index (χ0n) is 10.7. The highest BCUT2D eigenvalue weighted by molar-refractivity contribution is 6.31. The zero-order chi connectivity index (χ0) is 12.3. The first-order valence-corrected chi connectivity index (χ1v) is 5.85. The molecule has 0 aliphatic carbocycles. The van der Waals surface area contributed by atoms with E-state index in [9.17, 15) is 0 Å². The number of halogens is 1. The van der Waals surface area contributed by atoms with Gasteiger partial charge in [0.25, 0.3) is 0 Å². The van der Waals surface area contributed by atoms with E-state index in [2.05, 4.69) is 18.7 Å². The highest BCUT2D eigenvalue weighted by Crippen LogP contribution is 2.36. The van der Waals surface area contributed by atoms with Gasteiger partial charge in [-0.15, -0.1) is 0 Å². The smallest absolute Gasteiger partial charge is 0.128 e. The van der Waals surface area contributed by atoms with Crippen LogP contribution in [0.5, 0.6) is 5.75 Å². The molecule has 0 fully saturated rings. The number of ether oxygens (including phenoxy) is 1. The Morgan fingerprint density at radius 2 is 1.94 bits per heavy atom. The minimum atomic E-state index is 0.365. The average molecular weight is 242 g/mol. The molecule has 1 aromatic carbocycles. The predicted molar refractivity (Wildman–Crippen MR) is 69.5 cm³/mol. The Balaban J connectivity index is 3.25. The van der Waals surface area contributed by atoms with Gasteiger partial charge >= 0.3 is 0 Å². The lowest BCUT2D eigenvalue weighted by Crippen LogP contribution is -2.12. The Bertz CT molecular complexity index is 361. The van der Waals surface area contributed by atoms with Crippen molar-refractivity contribution in [1.82, 2.24) is 4.90 Å². The highest BCUT2D eigenvalue weighted by atomic mass is 35.5. The number of nitrogens with zero attached hydrogens (tertiary/aromatic N) is 1. The summed E-state index contributed by atoms with van der Waals surface area (Å²) in [6.07, 6.45) is 0. The Hall–Kier alpha value is -0.730. The van der Waals surface area contributed by atoms with Gasteiger partial charge in [-0.3, -0.25) is 0 Å². The number of hydrogen-bond acceptors (Lipinski definition) is 2. The van der Waals surface area contributed by atoms with Gasteiger partial charge < -0.3 is 9.64 Å². The van der Waals surface area contributed by atoms with Crippen LogP contribution in [0.15, 0.2) is 12.1 Å². The Labute approximate surface area is 103 Å². The fourth-order valence-corrected chi connectivity index (χ4v) is 2.23. The molecule has 0 radical (unpaired) electrons. The molecule has 0 N–H and O–H groups in total. The Morgan fingerprint density at radius 1 is 1.31 bits per heavy atom. The van der Waals surface area contributed by atoms with Crippen molar-refractivity contribution in [3.63, 3.8) is 0 Å². The maximum atomic E-state index is 6.22. The van der Waals surface area contributed by atoms with Gasteiger partial charge in [0.05, 0.1) is 7.11 Å². The molecule has 0 saturated heterocycles. The summed E-state index contributed by atoms with van der Waals surface area (Å²) in [7, 11) is 5.79. The summed E-state index contributed by atoms with van der Waals surface area (Å²) in [4.78, 5) is 2.12. The van der Waals surface area contributed by atoms with Gasteiger partial charge in [-0.2, -0.15) is 0 Å². The molecule has 0 atom stereocenters. The van der Waals surface area contributed by atoms with Gasteiger partial charge in [0.15, 0.2) is 0 Å². The van der Waals surface area contributed by atoms with Crippen molar-refractivity contribution in [2.24, 2.45) is 0 Å². The second-order valence-corrected chi connectivity index (χ2v) is 4.95. The van der Waals surface area contributed by atoms with Gasteiger partial charge in [-0.1, -0.05) is 31.5 Å². The second-order valence-electron chi connectivity index (χ2n) is 4.55. The minimum Gasteiger partial charge on any atom is -0.496 e. The van der Waals surface area contributed by atoms with Crippen LogP contribution in [0.25, 0.3) is 0 Å². The molecule has 0 amide bonds. The second kappa shape index (κ2) is 5.55. The molecule has 0 aliphatic heterocycles. The van der Waals surface area contributed by atoms with E-state index in [1.54, 1.807) is 7.11 Å². The molecule has 1 rings (SSSR count). The predicted octanol–water partition coefficient (Wildman–Crippen LogP) is 3.53. The highest BCUT2D eigenvalue weighted by Gasteiger charge is 2.16. The van der Waals surface area contributed by atoms with E-state index in [1.165, 1.54) is 5.56 Å².